The van der Waals surface area contributed by atoms with E-state index >= 15 is 0 Å². The molecule has 166 valence electrons. The second kappa shape index (κ2) is 9.43. The highest BCUT2D eigenvalue weighted by Gasteiger charge is 2.24. The van der Waals surface area contributed by atoms with Crippen LogP contribution in [-0.2, 0) is 16.1 Å². The summed E-state index contributed by atoms with van der Waals surface area (Å²) in [6, 6.07) is 6.29. The topological polar surface area (TPSA) is 132 Å². The first-order valence-corrected chi connectivity index (χ1v) is 9.97. The molecule has 1 unspecified atom stereocenters. The van der Waals surface area contributed by atoms with Crippen molar-refractivity contribution in [2.24, 2.45) is 0 Å². The highest BCUT2D eigenvalue weighted by Crippen LogP contribution is 2.32. The standard InChI is InChI=1S/C21H23N7O4/c1-13-7-15(26-21(25-13)28-6-5-23-11-28)19(20(30)22-2)27-18(29)10-24-9-14-3-4-16-17(8-14)32-12-31-16/h3-8,11,19,24H,9-10,12H2,1-2H3,(H,22,30)(H,27,29). The van der Waals surface area contributed by atoms with Crippen LogP contribution in [0.1, 0.15) is 23.0 Å². The van der Waals surface area contributed by atoms with E-state index in [0.717, 1.165) is 5.56 Å². The minimum atomic E-state index is -0.969. The lowest BCUT2D eigenvalue weighted by Gasteiger charge is -2.18. The zero-order valence-corrected chi connectivity index (χ0v) is 17.7. The number of benzene rings is 1. The van der Waals surface area contributed by atoms with Crippen LogP contribution in [-0.4, -0.2) is 51.7 Å². The Morgan fingerprint density at radius 2 is 2.03 bits per heavy atom. The van der Waals surface area contributed by atoms with E-state index in [1.165, 1.54) is 7.05 Å². The van der Waals surface area contributed by atoms with Gasteiger partial charge >= 0.3 is 0 Å². The van der Waals surface area contributed by atoms with Gasteiger partial charge in [0.2, 0.25) is 24.6 Å². The predicted molar refractivity (Wildman–Crippen MR) is 113 cm³/mol. The van der Waals surface area contributed by atoms with Crippen LogP contribution in [0.4, 0.5) is 0 Å². The minimum absolute atomic E-state index is 0.0143. The molecule has 3 N–H and O–H groups in total. The highest BCUT2D eigenvalue weighted by atomic mass is 16.7. The van der Waals surface area contributed by atoms with Crippen molar-refractivity contribution in [2.45, 2.75) is 19.5 Å². The van der Waals surface area contributed by atoms with Gasteiger partial charge in [-0.3, -0.25) is 14.2 Å². The fourth-order valence-corrected chi connectivity index (χ4v) is 3.22. The van der Waals surface area contributed by atoms with Gasteiger partial charge in [0.25, 0.3) is 0 Å². The summed E-state index contributed by atoms with van der Waals surface area (Å²) in [5.41, 5.74) is 1.98. The summed E-state index contributed by atoms with van der Waals surface area (Å²) in [5, 5.41) is 8.37. The zero-order chi connectivity index (χ0) is 22.5. The molecule has 0 radical (unpaired) electrons. The number of fused-ring (bicyclic) bond motifs is 1. The Morgan fingerprint density at radius 3 is 2.81 bits per heavy atom. The molecule has 1 atom stereocenters. The Kier molecular flexibility index (Phi) is 6.26. The molecule has 3 heterocycles. The number of amides is 2. The molecule has 4 rings (SSSR count). The van der Waals surface area contributed by atoms with Crippen molar-refractivity contribution in [1.82, 2.24) is 35.5 Å². The normalized spacial score (nSPS) is 12.9. The van der Waals surface area contributed by atoms with Crippen LogP contribution >= 0.6 is 0 Å². The molecule has 1 aliphatic heterocycles. The summed E-state index contributed by atoms with van der Waals surface area (Å²) in [4.78, 5) is 37.9. The van der Waals surface area contributed by atoms with Gasteiger partial charge in [0.05, 0.1) is 12.2 Å². The van der Waals surface area contributed by atoms with Gasteiger partial charge in [-0.25, -0.2) is 15.0 Å². The highest BCUT2D eigenvalue weighted by molar-refractivity contribution is 5.88. The van der Waals surface area contributed by atoms with Crippen molar-refractivity contribution in [2.75, 3.05) is 20.4 Å². The lowest BCUT2D eigenvalue weighted by atomic mass is 10.1. The summed E-state index contributed by atoms with van der Waals surface area (Å²) in [6.45, 7) is 2.47. The molecule has 0 bridgehead atoms. The van der Waals surface area contributed by atoms with Gasteiger partial charge in [-0.2, -0.15) is 0 Å². The second-order valence-electron chi connectivity index (χ2n) is 7.11. The van der Waals surface area contributed by atoms with Gasteiger partial charge in [-0.05, 0) is 30.7 Å². The van der Waals surface area contributed by atoms with Crippen molar-refractivity contribution >= 4 is 11.8 Å². The van der Waals surface area contributed by atoms with E-state index in [9.17, 15) is 9.59 Å². The van der Waals surface area contributed by atoms with Gasteiger partial charge < -0.3 is 25.4 Å². The number of carbonyl (C=O) groups is 2. The zero-order valence-electron chi connectivity index (χ0n) is 17.7. The Labute approximate surface area is 184 Å². The number of aromatic nitrogens is 4. The minimum Gasteiger partial charge on any atom is -0.454 e. The van der Waals surface area contributed by atoms with Crippen LogP contribution in [0.3, 0.4) is 0 Å². The number of aryl methyl sites for hydroxylation is 1. The summed E-state index contributed by atoms with van der Waals surface area (Å²) in [7, 11) is 1.50. The summed E-state index contributed by atoms with van der Waals surface area (Å²) in [5.74, 6) is 1.02. The van der Waals surface area contributed by atoms with Crippen molar-refractivity contribution in [1.29, 1.82) is 0 Å². The molecular weight excluding hydrogens is 414 g/mol. The maximum Gasteiger partial charge on any atom is 0.248 e. The smallest absolute Gasteiger partial charge is 0.248 e. The number of hydrogen-bond acceptors (Lipinski definition) is 8. The number of hydrogen-bond donors (Lipinski definition) is 3. The van der Waals surface area contributed by atoms with E-state index in [2.05, 4.69) is 30.9 Å². The fourth-order valence-electron chi connectivity index (χ4n) is 3.22. The van der Waals surface area contributed by atoms with Crippen LogP contribution < -0.4 is 25.4 Å². The Morgan fingerprint density at radius 1 is 1.19 bits per heavy atom. The van der Waals surface area contributed by atoms with E-state index in [-0.39, 0.29) is 25.2 Å². The molecule has 0 spiro atoms. The number of ether oxygens (including phenoxy) is 2. The van der Waals surface area contributed by atoms with Crippen molar-refractivity contribution < 1.29 is 19.1 Å². The average Bonchev–Trinajstić information content (AvgIpc) is 3.48. The summed E-state index contributed by atoms with van der Waals surface area (Å²) in [6.07, 6.45) is 4.87. The van der Waals surface area contributed by atoms with Crippen LogP contribution in [0.2, 0.25) is 0 Å². The van der Waals surface area contributed by atoms with Crippen LogP contribution in [0, 0.1) is 6.92 Å². The first-order chi connectivity index (χ1) is 15.5. The van der Waals surface area contributed by atoms with E-state index in [4.69, 9.17) is 9.47 Å². The molecule has 0 aliphatic carbocycles. The average molecular weight is 437 g/mol. The summed E-state index contributed by atoms with van der Waals surface area (Å²) >= 11 is 0. The largest absolute Gasteiger partial charge is 0.454 e. The first-order valence-electron chi connectivity index (χ1n) is 9.97. The lowest BCUT2D eigenvalue weighted by molar-refractivity contribution is -0.128. The Balaban J connectivity index is 1.41. The quantitative estimate of drug-likeness (QED) is 0.461. The van der Waals surface area contributed by atoms with Gasteiger partial charge in [0.15, 0.2) is 17.5 Å². The van der Waals surface area contributed by atoms with E-state index in [0.29, 0.717) is 35.4 Å². The number of imidazole rings is 1. The van der Waals surface area contributed by atoms with Crippen LogP contribution in [0.15, 0.2) is 43.0 Å². The molecule has 1 aliphatic rings. The molecule has 32 heavy (non-hydrogen) atoms. The van der Waals surface area contributed by atoms with Crippen LogP contribution in [0.5, 0.6) is 11.5 Å². The number of nitrogens with one attached hydrogen (secondary N) is 3. The molecule has 2 amide bonds. The molecule has 11 heteroatoms. The van der Waals surface area contributed by atoms with Crippen LogP contribution in [0.25, 0.3) is 5.95 Å². The maximum atomic E-state index is 12.6. The molecule has 11 nitrogen and oxygen atoms in total. The second-order valence-corrected chi connectivity index (χ2v) is 7.11. The third-order valence-electron chi connectivity index (χ3n) is 4.76. The number of nitrogens with zero attached hydrogens (tertiary/aromatic N) is 4. The Hall–Kier alpha value is -3.99. The molecular formula is C21H23N7O4. The van der Waals surface area contributed by atoms with Gasteiger partial charge in [-0.15, -0.1) is 0 Å². The Bertz CT molecular complexity index is 1120. The molecule has 3 aromatic rings. The summed E-state index contributed by atoms with van der Waals surface area (Å²) < 4.78 is 12.3. The van der Waals surface area contributed by atoms with Gasteiger partial charge in [0.1, 0.15) is 6.33 Å². The SMILES string of the molecule is CNC(=O)C(NC(=O)CNCc1ccc2c(c1)OCO2)c1cc(C)nc(-n2ccnc2)n1. The third-order valence-corrected chi connectivity index (χ3v) is 4.76. The van der Waals surface area contributed by atoms with Gasteiger partial charge in [0, 0.05) is 31.7 Å². The van der Waals surface area contributed by atoms with E-state index < -0.39 is 6.04 Å². The number of rotatable bonds is 8. The van der Waals surface area contributed by atoms with Crippen molar-refractivity contribution in [3.8, 4) is 17.4 Å². The third kappa shape index (κ3) is 4.83. The van der Waals surface area contributed by atoms with E-state index in [1.54, 1.807) is 36.3 Å². The van der Waals surface area contributed by atoms with Crippen molar-refractivity contribution in [3.63, 3.8) is 0 Å². The first kappa shape index (κ1) is 21.2. The fraction of sp³-hybridized carbons (Fsp3) is 0.286. The van der Waals surface area contributed by atoms with E-state index in [1.807, 2.05) is 18.2 Å². The molecule has 1 aromatic carbocycles. The molecule has 0 fully saturated rings. The number of likely N-dealkylation sites (N-methyl/N-ethyl adjacent to an activating group) is 1. The van der Waals surface area contributed by atoms with Crippen molar-refractivity contribution in [3.05, 3.63) is 59.9 Å². The molecule has 0 saturated heterocycles. The predicted octanol–water partition coefficient (Wildman–Crippen LogP) is 0.393. The molecule has 2 aromatic heterocycles. The number of carbonyl (C=O) groups excluding carboxylic acids is 2. The maximum absolute atomic E-state index is 12.6. The lowest BCUT2D eigenvalue weighted by Crippen LogP contribution is -2.43. The van der Waals surface area contributed by atoms with Gasteiger partial charge in [-0.1, -0.05) is 6.07 Å². The molecule has 0 saturated carbocycles. The monoisotopic (exact) mass is 437 g/mol.